The molecule has 0 radical (unpaired) electrons. The molecule has 0 aliphatic heterocycles. The molecular formula is C17H31N3O. The maximum atomic E-state index is 5.58. The number of aryl methyl sites for hydroxylation is 1. The predicted molar refractivity (Wildman–Crippen MR) is 85.1 cm³/mol. The van der Waals surface area contributed by atoms with Crippen molar-refractivity contribution in [3.63, 3.8) is 0 Å². The molecule has 0 bridgehead atoms. The fourth-order valence-electron chi connectivity index (χ4n) is 3.45. The third-order valence-corrected chi connectivity index (χ3v) is 4.90. The van der Waals surface area contributed by atoms with Crippen LogP contribution < -0.4 is 5.73 Å². The Balaban J connectivity index is 1.78. The summed E-state index contributed by atoms with van der Waals surface area (Å²) >= 11 is 0. The first kappa shape index (κ1) is 16.5. The molecule has 0 amide bonds. The zero-order valence-electron chi connectivity index (χ0n) is 13.7. The summed E-state index contributed by atoms with van der Waals surface area (Å²) < 4.78 is 5.43. The van der Waals surface area contributed by atoms with Crippen LogP contribution in [0, 0.1) is 11.8 Å². The molecule has 1 atom stereocenters. The Morgan fingerprint density at radius 2 is 2.00 bits per heavy atom. The summed E-state index contributed by atoms with van der Waals surface area (Å²) in [7, 11) is 0. The van der Waals surface area contributed by atoms with Crippen molar-refractivity contribution in [2.75, 3.05) is 6.54 Å². The van der Waals surface area contributed by atoms with Crippen LogP contribution >= 0.6 is 0 Å². The van der Waals surface area contributed by atoms with Gasteiger partial charge >= 0.3 is 0 Å². The highest BCUT2D eigenvalue weighted by Crippen LogP contribution is 2.36. The van der Waals surface area contributed by atoms with Gasteiger partial charge in [-0.1, -0.05) is 31.8 Å². The van der Waals surface area contributed by atoms with E-state index in [1.807, 2.05) is 0 Å². The summed E-state index contributed by atoms with van der Waals surface area (Å²) in [5, 5.41) is 4.22. The lowest BCUT2D eigenvalue weighted by Gasteiger charge is -2.26. The average molecular weight is 293 g/mol. The highest BCUT2D eigenvalue weighted by Gasteiger charge is 2.25. The van der Waals surface area contributed by atoms with Crippen LogP contribution in [0.4, 0.5) is 0 Å². The Morgan fingerprint density at radius 1 is 1.24 bits per heavy atom. The van der Waals surface area contributed by atoms with E-state index < -0.39 is 0 Å². The molecular weight excluding hydrogens is 262 g/mol. The molecule has 1 fully saturated rings. The van der Waals surface area contributed by atoms with Crippen molar-refractivity contribution in [2.24, 2.45) is 17.6 Å². The van der Waals surface area contributed by atoms with Crippen molar-refractivity contribution in [3.05, 3.63) is 11.7 Å². The molecule has 0 saturated heterocycles. The van der Waals surface area contributed by atoms with E-state index in [0.29, 0.717) is 11.8 Å². The van der Waals surface area contributed by atoms with E-state index in [4.69, 9.17) is 10.3 Å². The van der Waals surface area contributed by atoms with Gasteiger partial charge in [-0.15, -0.1) is 0 Å². The van der Waals surface area contributed by atoms with E-state index >= 15 is 0 Å². The molecule has 1 aromatic heterocycles. The first-order chi connectivity index (χ1) is 10.2. The molecule has 2 N–H and O–H groups in total. The van der Waals surface area contributed by atoms with Crippen LogP contribution in [0.25, 0.3) is 0 Å². The SMILES string of the molecule is CCCC1CCC(c2noc(CCC(C)CCN)n2)CC1. The number of hydrogen-bond acceptors (Lipinski definition) is 4. The van der Waals surface area contributed by atoms with E-state index in [2.05, 4.69) is 24.0 Å². The largest absolute Gasteiger partial charge is 0.339 e. The highest BCUT2D eigenvalue weighted by molar-refractivity contribution is 4.98. The van der Waals surface area contributed by atoms with Crippen molar-refractivity contribution in [3.8, 4) is 0 Å². The second kappa shape index (κ2) is 8.52. The minimum atomic E-state index is 0.525. The number of nitrogens with two attached hydrogens (primary N) is 1. The van der Waals surface area contributed by atoms with Crippen LogP contribution in [0.1, 0.15) is 82.8 Å². The van der Waals surface area contributed by atoms with Crippen LogP contribution in [0.5, 0.6) is 0 Å². The Bertz CT molecular complexity index is 396. The third-order valence-electron chi connectivity index (χ3n) is 4.90. The fourth-order valence-corrected chi connectivity index (χ4v) is 3.45. The van der Waals surface area contributed by atoms with Crippen molar-refractivity contribution in [1.29, 1.82) is 0 Å². The van der Waals surface area contributed by atoms with Gasteiger partial charge in [-0.05, 0) is 56.9 Å². The van der Waals surface area contributed by atoms with Crippen LogP contribution in [0.2, 0.25) is 0 Å². The summed E-state index contributed by atoms with van der Waals surface area (Å²) in [6.07, 6.45) is 10.8. The molecule has 1 heterocycles. The second-order valence-electron chi connectivity index (χ2n) is 6.77. The summed E-state index contributed by atoms with van der Waals surface area (Å²) in [4.78, 5) is 4.63. The summed E-state index contributed by atoms with van der Waals surface area (Å²) in [6, 6.07) is 0. The third kappa shape index (κ3) is 5.10. The predicted octanol–water partition coefficient (Wildman–Crippen LogP) is 4.06. The van der Waals surface area contributed by atoms with E-state index in [1.165, 1.54) is 38.5 Å². The van der Waals surface area contributed by atoms with Gasteiger partial charge in [0.1, 0.15) is 0 Å². The standard InChI is InChI=1S/C17H31N3O/c1-3-4-14-6-8-15(9-7-14)17-19-16(21-20-17)10-5-13(2)11-12-18/h13-15H,3-12,18H2,1-2H3. The normalized spacial score (nSPS) is 24.1. The van der Waals surface area contributed by atoms with Gasteiger partial charge in [0.05, 0.1) is 0 Å². The monoisotopic (exact) mass is 293 g/mol. The van der Waals surface area contributed by atoms with Crippen LogP contribution in [0.3, 0.4) is 0 Å². The Morgan fingerprint density at radius 3 is 2.67 bits per heavy atom. The van der Waals surface area contributed by atoms with E-state index in [0.717, 1.165) is 43.4 Å². The lowest BCUT2D eigenvalue weighted by atomic mass is 9.80. The van der Waals surface area contributed by atoms with Gasteiger partial charge < -0.3 is 10.3 Å². The summed E-state index contributed by atoms with van der Waals surface area (Å²) in [5.74, 6) is 3.85. The molecule has 4 nitrogen and oxygen atoms in total. The maximum absolute atomic E-state index is 5.58. The van der Waals surface area contributed by atoms with Crippen molar-refractivity contribution in [2.45, 2.75) is 77.6 Å². The second-order valence-corrected chi connectivity index (χ2v) is 6.77. The highest BCUT2D eigenvalue weighted by atomic mass is 16.5. The molecule has 120 valence electrons. The first-order valence-corrected chi connectivity index (χ1v) is 8.75. The quantitative estimate of drug-likeness (QED) is 0.785. The lowest BCUT2D eigenvalue weighted by molar-refractivity contribution is 0.294. The van der Waals surface area contributed by atoms with Gasteiger partial charge in [0.15, 0.2) is 5.82 Å². The van der Waals surface area contributed by atoms with Gasteiger partial charge in [-0.2, -0.15) is 4.98 Å². The zero-order valence-corrected chi connectivity index (χ0v) is 13.7. The van der Waals surface area contributed by atoms with Crippen LogP contribution in [-0.4, -0.2) is 16.7 Å². The van der Waals surface area contributed by atoms with E-state index in [9.17, 15) is 0 Å². The molecule has 21 heavy (non-hydrogen) atoms. The number of hydrogen-bond donors (Lipinski definition) is 1. The number of rotatable bonds is 8. The molecule has 2 rings (SSSR count). The Kier molecular flexibility index (Phi) is 6.68. The molecule has 4 heteroatoms. The minimum Gasteiger partial charge on any atom is -0.339 e. The smallest absolute Gasteiger partial charge is 0.226 e. The van der Waals surface area contributed by atoms with Crippen molar-refractivity contribution < 1.29 is 4.52 Å². The Hall–Kier alpha value is -0.900. The summed E-state index contributed by atoms with van der Waals surface area (Å²) in [6.45, 7) is 5.28. The van der Waals surface area contributed by atoms with E-state index in [-0.39, 0.29) is 0 Å². The van der Waals surface area contributed by atoms with E-state index in [1.54, 1.807) is 0 Å². The van der Waals surface area contributed by atoms with Gasteiger partial charge in [0.2, 0.25) is 5.89 Å². The lowest BCUT2D eigenvalue weighted by Crippen LogP contribution is -2.14. The fraction of sp³-hybridized carbons (Fsp3) is 0.882. The number of nitrogens with zero attached hydrogens (tertiary/aromatic N) is 2. The van der Waals surface area contributed by atoms with Gasteiger partial charge in [-0.25, -0.2) is 0 Å². The molecule has 1 unspecified atom stereocenters. The van der Waals surface area contributed by atoms with Crippen molar-refractivity contribution >= 4 is 0 Å². The van der Waals surface area contributed by atoms with Crippen molar-refractivity contribution in [1.82, 2.24) is 10.1 Å². The summed E-state index contributed by atoms with van der Waals surface area (Å²) in [5.41, 5.74) is 5.58. The topological polar surface area (TPSA) is 64.9 Å². The molecule has 1 aliphatic rings. The minimum absolute atomic E-state index is 0.525. The first-order valence-electron chi connectivity index (χ1n) is 8.75. The molecule has 1 saturated carbocycles. The van der Waals surface area contributed by atoms with Gasteiger partial charge in [0.25, 0.3) is 0 Å². The average Bonchev–Trinajstić information content (AvgIpc) is 2.95. The molecule has 0 aromatic carbocycles. The number of aromatic nitrogens is 2. The maximum Gasteiger partial charge on any atom is 0.226 e. The molecule has 0 spiro atoms. The Labute approximate surface area is 128 Å². The van der Waals surface area contributed by atoms with Crippen LogP contribution in [0.15, 0.2) is 4.52 Å². The molecule has 1 aromatic rings. The zero-order chi connectivity index (χ0) is 15.1. The van der Waals surface area contributed by atoms with Crippen LogP contribution in [-0.2, 0) is 6.42 Å². The van der Waals surface area contributed by atoms with Gasteiger partial charge in [0, 0.05) is 12.3 Å². The molecule has 1 aliphatic carbocycles. The van der Waals surface area contributed by atoms with Gasteiger partial charge in [-0.3, -0.25) is 0 Å².